The number of nitrogens with zero attached hydrogens (tertiary/aromatic N) is 2. The normalized spacial score (nSPS) is 11.2. The summed E-state index contributed by atoms with van der Waals surface area (Å²) in [6, 6.07) is 12.6. The number of nitrogens with one attached hydrogen (secondary N) is 2. The number of para-hydroxylation sites is 2. The molecule has 30 heavy (non-hydrogen) atoms. The number of ether oxygens (including phenoxy) is 2. The summed E-state index contributed by atoms with van der Waals surface area (Å²) in [5.74, 6) is 0.912. The molecule has 0 fully saturated rings. The Kier molecular flexibility index (Phi) is 6.79. The van der Waals surface area contributed by atoms with E-state index in [1.165, 1.54) is 6.21 Å². The number of carbonyl (C=O) groups is 1. The van der Waals surface area contributed by atoms with Gasteiger partial charge in [-0.15, -0.1) is 0 Å². The van der Waals surface area contributed by atoms with Crippen molar-refractivity contribution in [3.63, 3.8) is 0 Å². The molecular formula is C22H24N4O4. The lowest BCUT2D eigenvalue weighted by atomic mass is 10.2. The van der Waals surface area contributed by atoms with Gasteiger partial charge in [0.2, 0.25) is 5.91 Å². The highest BCUT2D eigenvalue weighted by Gasteiger charge is 2.09. The zero-order chi connectivity index (χ0) is 21.5. The Balaban J connectivity index is 1.59. The van der Waals surface area contributed by atoms with E-state index in [4.69, 9.17) is 9.47 Å². The van der Waals surface area contributed by atoms with Crippen LogP contribution in [0, 0.1) is 0 Å². The zero-order valence-corrected chi connectivity index (χ0v) is 17.1. The number of hydrogen-bond acceptors (Lipinski definition) is 6. The average molecular weight is 408 g/mol. The van der Waals surface area contributed by atoms with Gasteiger partial charge in [0.05, 0.1) is 30.5 Å². The molecule has 156 valence electrons. The van der Waals surface area contributed by atoms with Crippen LogP contribution in [0.25, 0.3) is 11.0 Å². The number of amides is 1. The summed E-state index contributed by atoms with van der Waals surface area (Å²) in [7, 11) is 1.58. The minimum atomic E-state index is -0.312. The molecule has 0 aliphatic heterocycles. The number of aryl methyl sites for hydroxylation is 1. The van der Waals surface area contributed by atoms with E-state index in [0.29, 0.717) is 28.2 Å². The molecule has 3 aromatic rings. The Morgan fingerprint density at radius 2 is 2.03 bits per heavy atom. The number of hydrogen-bond donors (Lipinski definition) is 2. The van der Waals surface area contributed by atoms with Crippen molar-refractivity contribution < 1.29 is 14.3 Å². The molecule has 8 heteroatoms. The molecule has 0 saturated carbocycles. The van der Waals surface area contributed by atoms with Crippen LogP contribution in [0.2, 0.25) is 0 Å². The number of hydrazone groups is 1. The van der Waals surface area contributed by atoms with E-state index < -0.39 is 0 Å². The molecule has 3 rings (SSSR count). The topological polar surface area (TPSA) is 106 Å². The van der Waals surface area contributed by atoms with Gasteiger partial charge in [-0.3, -0.25) is 9.59 Å². The second-order valence-corrected chi connectivity index (χ2v) is 6.90. The van der Waals surface area contributed by atoms with Crippen LogP contribution in [0.1, 0.15) is 31.5 Å². The fraction of sp³-hybridized carbons (Fsp3) is 0.273. The molecular weight excluding hydrogens is 384 g/mol. The number of fused-ring (bicyclic) bond motifs is 1. The lowest BCUT2D eigenvalue weighted by Gasteiger charge is -2.13. The van der Waals surface area contributed by atoms with Gasteiger partial charge in [0, 0.05) is 12.8 Å². The molecule has 1 heterocycles. The van der Waals surface area contributed by atoms with Crippen LogP contribution in [-0.2, 0) is 11.2 Å². The summed E-state index contributed by atoms with van der Waals surface area (Å²) < 4.78 is 11.0. The maximum absolute atomic E-state index is 12.1. The maximum atomic E-state index is 12.1. The van der Waals surface area contributed by atoms with Gasteiger partial charge >= 0.3 is 0 Å². The molecule has 0 bridgehead atoms. The predicted molar refractivity (Wildman–Crippen MR) is 115 cm³/mol. The van der Waals surface area contributed by atoms with Crippen molar-refractivity contribution in [3.8, 4) is 11.5 Å². The Bertz CT molecular complexity index is 1120. The van der Waals surface area contributed by atoms with Crippen molar-refractivity contribution in [2.75, 3.05) is 7.11 Å². The Hall–Kier alpha value is -3.68. The highest BCUT2D eigenvalue weighted by Crippen LogP contribution is 2.28. The second kappa shape index (κ2) is 9.69. The predicted octanol–water partition coefficient (Wildman–Crippen LogP) is 2.80. The standard InChI is InChI=1S/C22H24N4O4/c1-14(2)30-20-12-15(8-10-19(20)29-3)13-23-26-21(27)11-9-18-22(28)25-17-7-5-4-6-16(17)24-18/h4-8,10,12-14H,9,11H2,1-3H3,(H,25,28)(H,26,27)/b23-13-. The van der Waals surface area contributed by atoms with E-state index in [0.717, 1.165) is 5.56 Å². The van der Waals surface area contributed by atoms with E-state index in [-0.39, 0.29) is 30.4 Å². The number of H-pyrrole nitrogens is 1. The Labute approximate surface area is 173 Å². The summed E-state index contributed by atoms with van der Waals surface area (Å²) in [4.78, 5) is 31.3. The van der Waals surface area contributed by atoms with Gasteiger partial charge in [-0.05, 0) is 49.7 Å². The molecule has 1 amide bonds. The van der Waals surface area contributed by atoms with Gasteiger partial charge in [0.1, 0.15) is 5.69 Å². The number of aromatic nitrogens is 2. The first-order valence-corrected chi connectivity index (χ1v) is 9.61. The van der Waals surface area contributed by atoms with Crippen molar-refractivity contribution >= 4 is 23.2 Å². The van der Waals surface area contributed by atoms with Gasteiger partial charge < -0.3 is 14.5 Å². The highest BCUT2D eigenvalue weighted by atomic mass is 16.5. The summed E-state index contributed by atoms with van der Waals surface area (Å²) in [5, 5.41) is 3.97. The third-order valence-electron chi connectivity index (χ3n) is 4.21. The third kappa shape index (κ3) is 5.44. The SMILES string of the molecule is COc1ccc(/C=N\NC(=O)CCc2nc3ccccc3[nH]c2=O)cc1OC(C)C. The van der Waals surface area contributed by atoms with Crippen molar-refractivity contribution in [1.29, 1.82) is 0 Å². The Morgan fingerprint density at radius 3 is 2.80 bits per heavy atom. The van der Waals surface area contributed by atoms with Gasteiger partial charge in [0.25, 0.3) is 5.56 Å². The van der Waals surface area contributed by atoms with Crippen molar-refractivity contribution in [3.05, 3.63) is 64.1 Å². The number of aromatic amines is 1. The average Bonchev–Trinajstić information content (AvgIpc) is 2.72. The summed E-state index contributed by atoms with van der Waals surface area (Å²) >= 11 is 0. The van der Waals surface area contributed by atoms with E-state index >= 15 is 0 Å². The van der Waals surface area contributed by atoms with Gasteiger partial charge in [-0.2, -0.15) is 5.10 Å². The lowest BCUT2D eigenvalue weighted by molar-refractivity contribution is -0.121. The molecule has 0 aliphatic carbocycles. The van der Waals surface area contributed by atoms with Crippen LogP contribution in [0.5, 0.6) is 11.5 Å². The fourth-order valence-electron chi connectivity index (χ4n) is 2.82. The van der Waals surface area contributed by atoms with Crippen LogP contribution >= 0.6 is 0 Å². The molecule has 0 spiro atoms. The smallest absolute Gasteiger partial charge is 0.270 e. The molecule has 1 aromatic heterocycles. The van der Waals surface area contributed by atoms with E-state index in [1.807, 2.05) is 32.0 Å². The maximum Gasteiger partial charge on any atom is 0.270 e. The molecule has 0 aliphatic rings. The third-order valence-corrected chi connectivity index (χ3v) is 4.21. The van der Waals surface area contributed by atoms with Gasteiger partial charge in [-0.25, -0.2) is 10.4 Å². The minimum Gasteiger partial charge on any atom is -0.493 e. The lowest BCUT2D eigenvalue weighted by Crippen LogP contribution is -2.21. The first kappa shape index (κ1) is 21.0. The van der Waals surface area contributed by atoms with Crippen LogP contribution in [-0.4, -0.2) is 35.3 Å². The number of carbonyl (C=O) groups excluding carboxylic acids is 1. The fourth-order valence-corrected chi connectivity index (χ4v) is 2.82. The van der Waals surface area contributed by atoms with Gasteiger partial charge in [-0.1, -0.05) is 12.1 Å². The molecule has 0 unspecified atom stereocenters. The monoisotopic (exact) mass is 408 g/mol. The first-order chi connectivity index (χ1) is 14.5. The molecule has 2 N–H and O–H groups in total. The molecule has 0 atom stereocenters. The van der Waals surface area contributed by atoms with Crippen LogP contribution in [0.4, 0.5) is 0 Å². The van der Waals surface area contributed by atoms with Crippen LogP contribution in [0.15, 0.2) is 52.4 Å². The minimum absolute atomic E-state index is 0.00217. The van der Waals surface area contributed by atoms with E-state index in [9.17, 15) is 9.59 Å². The summed E-state index contributed by atoms with van der Waals surface area (Å²) in [5.41, 5.74) is 4.59. The van der Waals surface area contributed by atoms with E-state index in [2.05, 4.69) is 20.5 Å². The number of methoxy groups -OCH3 is 1. The zero-order valence-electron chi connectivity index (χ0n) is 17.1. The van der Waals surface area contributed by atoms with Crippen molar-refractivity contribution in [2.45, 2.75) is 32.8 Å². The quantitative estimate of drug-likeness (QED) is 0.440. The summed E-state index contributed by atoms with van der Waals surface area (Å²) in [6.45, 7) is 3.85. The number of benzene rings is 2. The van der Waals surface area contributed by atoms with Crippen LogP contribution in [0.3, 0.4) is 0 Å². The molecule has 0 saturated heterocycles. The van der Waals surface area contributed by atoms with Crippen LogP contribution < -0.4 is 20.5 Å². The first-order valence-electron chi connectivity index (χ1n) is 9.61. The largest absolute Gasteiger partial charge is 0.493 e. The highest BCUT2D eigenvalue weighted by molar-refractivity contribution is 5.83. The van der Waals surface area contributed by atoms with Crippen molar-refractivity contribution in [1.82, 2.24) is 15.4 Å². The molecule has 2 aromatic carbocycles. The van der Waals surface area contributed by atoms with Crippen molar-refractivity contribution in [2.24, 2.45) is 5.10 Å². The molecule has 0 radical (unpaired) electrons. The number of rotatable bonds is 8. The van der Waals surface area contributed by atoms with E-state index in [1.54, 1.807) is 31.4 Å². The Morgan fingerprint density at radius 1 is 1.23 bits per heavy atom. The molecule has 8 nitrogen and oxygen atoms in total. The summed E-state index contributed by atoms with van der Waals surface area (Å²) in [6.07, 6.45) is 1.83. The van der Waals surface area contributed by atoms with Gasteiger partial charge in [0.15, 0.2) is 11.5 Å². The second-order valence-electron chi connectivity index (χ2n) is 6.90.